The van der Waals surface area contributed by atoms with E-state index < -0.39 is 22.1 Å². The molecule has 0 atom stereocenters. The lowest BCUT2D eigenvalue weighted by Crippen LogP contribution is -2.15. The Morgan fingerprint density at radius 3 is 1.54 bits per heavy atom. The zero-order valence-electron chi connectivity index (χ0n) is 12.8. The Hall–Kier alpha value is -2.79. The second-order valence-corrected chi connectivity index (χ2v) is 7.16. The van der Waals surface area contributed by atoms with Gasteiger partial charge in [0.05, 0.1) is 22.0 Å². The third kappa shape index (κ3) is 2.25. The highest BCUT2D eigenvalue weighted by molar-refractivity contribution is 7.96. The summed E-state index contributed by atoms with van der Waals surface area (Å²) in [4.78, 5) is 25.8. The molecule has 24 heavy (non-hydrogen) atoms. The molecule has 4 nitrogen and oxygen atoms in total. The van der Waals surface area contributed by atoms with Crippen molar-refractivity contribution in [3.8, 4) is 22.6 Å². The minimum atomic E-state index is -0.763. The van der Waals surface area contributed by atoms with Crippen LogP contribution in [0, 0.1) is 0 Å². The highest BCUT2D eigenvalue weighted by Gasteiger charge is 2.38. The molecule has 0 saturated carbocycles. The molecule has 4 aliphatic rings. The van der Waals surface area contributed by atoms with Crippen molar-refractivity contribution in [2.24, 2.45) is 0 Å². The van der Waals surface area contributed by atoms with Crippen molar-refractivity contribution < 1.29 is 8.83 Å². The summed E-state index contributed by atoms with van der Waals surface area (Å²) in [5, 5.41) is 0. The summed E-state index contributed by atoms with van der Waals surface area (Å²) < 4.78 is 10.7. The SMILES string of the molecule is C[S+](c1c2cccccc-2oc1=O)c1c2cccccc-2oc1=O. The maximum Gasteiger partial charge on any atom is 0.393 e. The second kappa shape index (κ2) is 5.69. The predicted molar refractivity (Wildman–Crippen MR) is 93.0 cm³/mol. The first-order valence-electron chi connectivity index (χ1n) is 7.36. The van der Waals surface area contributed by atoms with E-state index in [1.165, 1.54) is 0 Å². The van der Waals surface area contributed by atoms with Gasteiger partial charge in [0.1, 0.15) is 17.8 Å². The molecule has 0 spiro atoms. The fourth-order valence-electron chi connectivity index (χ4n) is 2.81. The van der Waals surface area contributed by atoms with Gasteiger partial charge in [-0.05, 0) is 24.3 Å². The molecule has 0 radical (unpaired) electrons. The average Bonchev–Trinajstić information content (AvgIpc) is 2.81. The minimum Gasteiger partial charge on any atom is -0.419 e. The van der Waals surface area contributed by atoms with Gasteiger partial charge in [-0.3, -0.25) is 0 Å². The molecule has 0 aromatic rings. The average molecular weight is 337 g/mol. The molecule has 5 heteroatoms. The first kappa shape index (κ1) is 14.8. The number of hydrogen-bond acceptors (Lipinski definition) is 4. The van der Waals surface area contributed by atoms with E-state index in [1.54, 1.807) is 12.1 Å². The Morgan fingerprint density at radius 1 is 0.667 bits per heavy atom. The Bertz CT molecular complexity index is 992. The summed E-state index contributed by atoms with van der Waals surface area (Å²) in [7, 11) is -0.763. The van der Waals surface area contributed by atoms with E-state index in [9.17, 15) is 9.59 Å². The third-order valence-corrected chi connectivity index (χ3v) is 5.87. The predicted octanol–water partition coefficient (Wildman–Crippen LogP) is 3.47. The van der Waals surface area contributed by atoms with Gasteiger partial charge < -0.3 is 8.83 Å². The van der Waals surface area contributed by atoms with Crippen LogP contribution < -0.4 is 11.3 Å². The molecule has 0 aromatic heterocycles. The van der Waals surface area contributed by atoms with Crippen LogP contribution in [-0.4, -0.2) is 6.26 Å². The van der Waals surface area contributed by atoms with E-state index in [0.717, 1.165) is 11.1 Å². The van der Waals surface area contributed by atoms with Crippen molar-refractivity contribution in [1.29, 1.82) is 0 Å². The minimum absolute atomic E-state index is 0.406. The first-order chi connectivity index (χ1) is 11.7. The normalized spacial score (nSPS) is 11.4. The smallest absolute Gasteiger partial charge is 0.393 e. The molecule has 118 valence electrons. The van der Waals surface area contributed by atoms with E-state index in [4.69, 9.17) is 8.83 Å². The summed E-state index contributed by atoms with van der Waals surface area (Å²) in [5.41, 5.74) is 0.641. The highest BCUT2D eigenvalue weighted by Crippen LogP contribution is 2.35. The number of hydrogen-bond donors (Lipinski definition) is 0. The van der Waals surface area contributed by atoms with Crippen LogP contribution in [0.25, 0.3) is 22.6 Å². The van der Waals surface area contributed by atoms with Crippen molar-refractivity contribution in [3.63, 3.8) is 0 Å². The van der Waals surface area contributed by atoms with Crippen LogP contribution in [0.4, 0.5) is 0 Å². The monoisotopic (exact) mass is 337 g/mol. The summed E-state index contributed by atoms with van der Waals surface area (Å²) in [6.07, 6.45) is 1.86. The third-order valence-electron chi connectivity index (χ3n) is 3.87. The zero-order chi connectivity index (χ0) is 16.7. The van der Waals surface area contributed by atoms with Crippen molar-refractivity contribution in [2.75, 3.05) is 6.26 Å². The van der Waals surface area contributed by atoms with E-state index in [-0.39, 0.29) is 0 Å². The van der Waals surface area contributed by atoms with Gasteiger partial charge >= 0.3 is 11.3 Å². The molecule has 0 N–H and O–H groups in total. The van der Waals surface area contributed by atoms with Crippen LogP contribution in [0.2, 0.25) is 0 Å². The molecule has 0 fully saturated rings. The fourth-order valence-corrected chi connectivity index (χ4v) is 4.59. The molecular weight excluding hydrogens is 324 g/mol. The second-order valence-electron chi connectivity index (χ2n) is 5.32. The van der Waals surface area contributed by atoms with Gasteiger partial charge in [0.15, 0.2) is 0 Å². The summed E-state index contributed by atoms with van der Waals surface area (Å²) in [5.74, 6) is 1.04. The molecule has 0 unspecified atom stereocenters. The van der Waals surface area contributed by atoms with Crippen LogP contribution in [0.5, 0.6) is 0 Å². The van der Waals surface area contributed by atoms with Crippen molar-refractivity contribution in [1.82, 2.24) is 0 Å². The molecule has 0 saturated heterocycles. The topological polar surface area (TPSA) is 60.4 Å². The van der Waals surface area contributed by atoms with Gasteiger partial charge in [0.25, 0.3) is 9.79 Å². The maximum absolute atomic E-state index is 12.4. The molecule has 0 amide bonds. The summed E-state index contributed by atoms with van der Waals surface area (Å²) in [6.45, 7) is 0. The lowest BCUT2D eigenvalue weighted by molar-refractivity contribution is 0.535. The van der Waals surface area contributed by atoms with Gasteiger partial charge in [0.2, 0.25) is 0 Å². The maximum atomic E-state index is 12.4. The molecule has 4 rings (SSSR count). The van der Waals surface area contributed by atoms with Crippen LogP contribution in [0.15, 0.2) is 88.9 Å². The standard InChI is InChI=1S/C19H13O4S/c1-24(16-12-8-4-2-6-10-14(12)22-18(16)20)17-13-9-5-3-7-11-15(13)23-19(17)21/h2-11H,1H3/q+1. The van der Waals surface area contributed by atoms with Crippen LogP contribution >= 0.6 is 0 Å². The number of rotatable bonds is 2. The summed E-state index contributed by atoms with van der Waals surface area (Å²) in [6, 6.07) is 18.2. The van der Waals surface area contributed by atoms with Crippen molar-refractivity contribution >= 4 is 10.9 Å². The van der Waals surface area contributed by atoms with Crippen molar-refractivity contribution in [2.45, 2.75) is 9.79 Å². The molecule has 2 heterocycles. The largest absolute Gasteiger partial charge is 0.419 e. The quantitative estimate of drug-likeness (QED) is 0.526. The van der Waals surface area contributed by atoms with Crippen LogP contribution in [0.1, 0.15) is 0 Å². The Balaban J connectivity index is 1.96. The summed E-state index contributed by atoms with van der Waals surface area (Å²) >= 11 is 0. The Labute approximate surface area is 140 Å². The fraction of sp³-hybridized carbons (Fsp3) is 0.0526. The molecule has 0 aromatic carbocycles. The van der Waals surface area contributed by atoms with E-state index >= 15 is 0 Å². The molecule has 0 bridgehead atoms. The van der Waals surface area contributed by atoms with E-state index in [2.05, 4.69) is 0 Å². The molecular formula is C19H13O4S+. The number of fused-ring (bicyclic) bond motifs is 2. The number of furan rings is 2. The van der Waals surface area contributed by atoms with Gasteiger partial charge in [0, 0.05) is 0 Å². The van der Waals surface area contributed by atoms with E-state index in [0.29, 0.717) is 21.3 Å². The first-order valence-corrected chi connectivity index (χ1v) is 9.00. The van der Waals surface area contributed by atoms with Crippen molar-refractivity contribution in [3.05, 3.63) is 81.5 Å². The lowest BCUT2D eigenvalue weighted by atomic mass is 10.2. The Kier molecular flexibility index (Phi) is 3.50. The lowest BCUT2D eigenvalue weighted by Gasteiger charge is -1.98. The molecule has 2 aliphatic carbocycles. The zero-order valence-corrected chi connectivity index (χ0v) is 13.6. The van der Waals surface area contributed by atoms with E-state index in [1.807, 2.05) is 54.8 Å². The van der Waals surface area contributed by atoms with Gasteiger partial charge in [-0.2, -0.15) is 0 Å². The van der Waals surface area contributed by atoms with Gasteiger partial charge in [-0.15, -0.1) is 0 Å². The van der Waals surface area contributed by atoms with Crippen LogP contribution in [0.3, 0.4) is 0 Å². The van der Waals surface area contributed by atoms with Gasteiger partial charge in [-0.25, -0.2) is 9.59 Å². The Morgan fingerprint density at radius 2 is 1.08 bits per heavy atom. The molecule has 2 aliphatic heterocycles. The highest BCUT2D eigenvalue weighted by atomic mass is 32.2. The van der Waals surface area contributed by atoms with Gasteiger partial charge in [-0.1, -0.05) is 36.4 Å². The van der Waals surface area contributed by atoms with Crippen LogP contribution in [-0.2, 0) is 10.9 Å².